The van der Waals surface area contributed by atoms with E-state index >= 15 is 0 Å². The van der Waals surface area contributed by atoms with Crippen LogP contribution >= 0.6 is 11.6 Å². The molecule has 1 saturated heterocycles. The number of hydrogen-bond donors (Lipinski definition) is 4. The number of aromatic nitrogens is 4. The van der Waals surface area contributed by atoms with Gasteiger partial charge >= 0.3 is 11.9 Å². The molecule has 0 spiro atoms. The highest BCUT2D eigenvalue weighted by molar-refractivity contribution is 6.28. The van der Waals surface area contributed by atoms with Crippen LogP contribution in [0.25, 0.3) is 11.2 Å². The van der Waals surface area contributed by atoms with Crippen molar-refractivity contribution >= 4 is 40.5 Å². The summed E-state index contributed by atoms with van der Waals surface area (Å²) in [6.45, 7) is -0.675. The van der Waals surface area contributed by atoms with Crippen molar-refractivity contribution < 1.29 is 38.8 Å². The third kappa shape index (κ3) is 3.49. The number of aliphatic carboxylic acids is 2. The monoisotopic (exact) mass is 405 g/mol. The molecule has 2 aromatic rings. The van der Waals surface area contributed by atoms with Gasteiger partial charge in [0, 0.05) is 0 Å². The molecule has 12 nitrogen and oxygen atoms in total. The van der Waals surface area contributed by atoms with E-state index in [1.165, 1.54) is 0 Å². The van der Waals surface area contributed by atoms with Crippen LogP contribution in [0.5, 0.6) is 0 Å². The number of hydrogen-bond acceptors (Lipinski definition) is 9. The fourth-order valence-corrected chi connectivity index (χ4v) is 2.77. The number of nitrogen functional groups attached to an aromatic ring is 1. The van der Waals surface area contributed by atoms with Gasteiger partial charge in [0.25, 0.3) is 6.10 Å². The number of imidazole rings is 1. The second kappa shape index (κ2) is 7.19. The maximum Gasteiger partial charge on any atom is 0.344 e. The van der Waals surface area contributed by atoms with E-state index in [0.717, 1.165) is 10.9 Å². The van der Waals surface area contributed by atoms with Crippen molar-refractivity contribution in [2.24, 2.45) is 0 Å². The topological polar surface area (TPSA) is 183 Å². The van der Waals surface area contributed by atoms with Gasteiger partial charge in [-0.1, -0.05) is 0 Å². The average molecular weight is 406 g/mol. The molecular weight excluding hydrogens is 393 g/mol. The van der Waals surface area contributed by atoms with E-state index in [4.69, 9.17) is 37.0 Å². The number of aliphatic hydroxyl groups is 1. The van der Waals surface area contributed by atoms with Gasteiger partial charge in [-0.25, -0.2) is 19.0 Å². The lowest BCUT2D eigenvalue weighted by Crippen LogP contribution is -2.38. The number of nitrogens with zero attached hydrogens (tertiary/aromatic N) is 4. The summed E-state index contributed by atoms with van der Waals surface area (Å²) in [5.74, 6) is -3.53. The van der Waals surface area contributed by atoms with Crippen molar-refractivity contribution in [3.05, 3.63) is 11.6 Å². The molecule has 14 heteroatoms. The van der Waals surface area contributed by atoms with Crippen molar-refractivity contribution in [2.45, 2.75) is 30.7 Å². The van der Waals surface area contributed by atoms with Crippen LogP contribution in [0.15, 0.2) is 6.33 Å². The second-order valence-electron chi connectivity index (χ2n) is 5.59. The number of carbonyl (C=O) groups is 2. The summed E-state index contributed by atoms with van der Waals surface area (Å²) < 4.78 is 25.8. The minimum Gasteiger partial charge on any atom is -0.479 e. The highest BCUT2D eigenvalue weighted by atomic mass is 35.5. The molecule has 146 valence electrons. The lowest BCUT2D eigenvalue weighted by molar-refractivity contribution is -0.170. The Balaban J connectivity index is 1.81. The Labute approximate surface area is 154 Å². The summed E-state index contributed by atoms with van der Waals surface area (Å²) in [5, 5.41) is 27.3. The molecule has 0 aromatic carbocycles. The Morgan fingerprint density at radius 1 is 1.41 bits per heavy atom. The van der Waals surface area contributed by atoms with Crippen LogP contribution in [-0.2, 0) is 19.1 Å². The smallest absolute Gasteiger partial charge is 0.344 e. The molecule has 1 fully saturated rings. The van der Waals surface area contributed by atoms with Gasteiger partial charge in [-0.05, 0) is 11.6 Å². The van der Waals surface area contributed by atoms with Crippen molar-refractivity contribution in [1.29, 1.82) is 0 Å². The van der Waals surface area contributed by atoms with Crippen LogP contribution in [0, 0.1) is 0 Å². The summed E-state index contributed by atoms with van der Waals surface area (Å²) in [6, 6.07) is 0. The molecule has 2 aromatic heterocycles. The van der Waals surface area contributed by atoms with E-state index in [9.17, 15) is 19.1 Å². The number of ether oxygens (including phenoxy) is 2. The van der Waals surface area contributed by atoms with Gasteiger partial charge in [-0.2, -0.15) is 9.97 Å². The summed E-state index contributed by atoms with van der Waals surface area (Å²) in [6.07, 6.45) is -7.45. The molecule has 3 rings (SSSR count). The summed E-state index contributed by atoms with van der Waals surface area (Å²) in [4.78, 5) is 33.2. The highest BCUT2D eigenvalue weighted by Gasteiger charge is 2.46. The number of aliphatic hydroxyl groups excluding tert-OH is 1. The van der Waals surface area contributed by atoms with E-state index in [2.05, 4.69) is 15.0 Å². The predicted octanol–water partition coefficient (Wildman–Crippen LogP) is -0.787. The molecule has 0 radical (unpaired) electrons. The molecule has 5 N–H and O–H groups in total. The molecule has 0 saturated carbocycles. The molecule has 3 heterocycles. The number of rotatable bonds is 6. The summed E-state index contributed by atoms with van der Waals surface area (Å²) in [5.41, 5.74) is 5.87. The third-order valence-electron chi connectivity index (χ3n) is 3.86. The number of anilines is 1. The van der Waals surface area contributed by atoms with Gasteiger partial charge < -0.3 is 30.5 Å². The molecule has 1 unspecified atom stereocenters. The zero-order valence-corrected chi connectivity index (χ0v) is 14.0. The molecule has 4 atom stereocenters. The van der Waals surface area contributed by atoms with Gasteiger partial charge in [0.05, 0.1) is 12.9 Å². The van der Waals surface area contributed by atoms with Crippen molar-refractivity contribution in [2.75, 3.05) is 12.3 Å². The first-order chi connectivity index (χ1) is 12.7. The minimum absolute atomic E-state index is 0.0386. The van der Waals surface area contributed by atoms with E-state index < -0.39 is 49.3 Å². The van der Waals surface area contributed by atoms with Gasteiger partial charge in [0.1, 0.15) is 17.7 Å². The quantitative estimate of drug-likeness (QED) is 0.349. The van der Waals surface area contributed by atoms with Gasteiger partial charge in [0.15, 0.2) is 23.9 Å². The first-order valence-electron chi connectivity index (χ1n) is 7.41. The van der Waals surface area contributed by atoms with E-state index in [0.29, 0.717) is 0 Å². The minimum atomic E-state index is -2.18. The van der Waals surface area contributed by atoms with Crippen LogP contribution in [0.1, 0.15) is 6.23 Å². The fraction of sp³-hybridized carbons (Fsp3) is 0.462. The number of nitrogens with two attached hydrogens (primary N) is 1. The Bertz CT molecular complexity index is 881. The lowest BCUT2D eigenvalue weighted by Gasteiger charge is -2.17. The number of halogens is 2. The molecule has 27 heavy (non-hydrogen) atoms. The number of carboxylic acid groups (broad SMARTS) is 2. The summed E-state index contributed by atoms with van der Waals surface area (Å²) >= 11 is 5.74. The fourth-order valence-electron chi connectivity index (χ4n) is 2.60. The zero-order valence-electron chi connectivity index (χ0n) is 13.3. The number of alkyl halides is 1. The maximum atomic E-state index is 14.5. The van der Waals surface area contributed by atoms with Gasteiger partial charge in [0.2, 0.25) is 5.28 Å². The number of fused-ring (bicyclic) bond motifs is 1. The van der Waals surface area contributed by atoms with Gasteiger partial charge in [-0.15, -0.1) is 0 Å². The third-order valence-corrected chi connectivity index (χ3v) is 4.03. The Kier molecular flexibility index (Phi) is 5.10. The lowest BCUT2D eigenvalue weighted by atomic mass is 10.1. The molecular formula is C13H13ClFN5O7. The number of carboxylic acids is 2. The predicted molar refractivity (Wildman–Crippen MR) is 84.6 cm³/mol. The Hall–Kier alpha value is -2.61. The van der Waals surface area contributed by atoms with Crippen molar-refractivity contribution in [3.8, 4) is 0 Å². The summed E-state index contributed by atoms with van der Waals surface area (Å²) in [7, 11) is 0. The second-order valence-corrected chi connectivity index (χ2v) is 5.93. The van der Waals surface area contributed by atoms with E-state index in [-0.39, 0.29) is 22.3 Å². The molecule has 1 aliphatic rings. The van der Waals surface area contributed by atoms with E-state index in [1.54, 1.807) is 0 Å². The van der Waals surface area contributed by atoms with Gasteiger partial charge in [-0.3, -0.25) is 4.57 Å². The van der Waals surface area contributed by atoms with Crippen LogP contribution < -0.4 is 5.73 Å². The van der Waals surface area contributed by atoms with Crippen molar-refractivity contribution in [3.63, 3.8) is 0 Å². The van der Waals surface area contributed by atoms with Crippen LogP contribution in [0.2, 0.25) is 5.28 Å². The first kappa shape index (κ1) is 19.2. The van der Waals surface area contributed by atoms with Crippen LogP contribution in [-0.4, -0.2) is 77.9 Å². The molecule has 1 aliphatic heterocycles. The molecule has 0 amide bonds. The molecule has 0 bridgehead atoms. The van der Waals surface area contributed by atoms with Crippen LogP contribution in [0.4, 0.5) is 10.2 Å². The van der Waals surface area contributed by atoms with Crippen LogP contribution in [0.3, 0.4) is 0 Å². The SMILES string of the molecule is Nc1nc(Cl)nc2c1ncn2[C@@H]1O[C@H](COC(C(=O)O)C(=O)O)C(O)[C@H]1F. The van der Waals surface area contributed by atoms with E-state index in [1.807, 2.05) is 0 Å². The zero-order chi connectivity index (χ0) is 19.9. The Morgan fingerprint density at radius 2 is 2.07 bits per heavy atom. The largest absolute Gasteiger partial charge is 0.479 e. The standard InChI is InChI=1S/C13H13ClFN5O7/c14-13-18-8(16)5-9(19-13)20(2-17-5)10-4(15)6(21)3(27-10)1-26-7(11(22)23)12(24)25/h2-4,6-7,10,21H,1H2,(H,22,23)(H,24,25)(H2,16,18,19)/t3-,4-,6?,10-/m1/s1. The maximum absolute atomic E-state index is 14.5. The van der Waals surface area contributed by atoms with Crippen molar-refractivity contribution in [1.82, 2.24) is 19.5 Å². The first-order valence-corrected chi connectivity index (χ1v) is 7.79. The Morgan fingerprint density at radius 3 is 2.70 bits per heavy atom. The highest BCUT2D eigenvalue weighted by Crippen LogP contribution is 2.34. The molecule has 0 aliphatic carbocycles. The average Bonchev–Trinajstić information content (AvgIpc) is 3.10. The normalized spacial score (nSPS) is 25.3.